The molecule has 3 rings (SSSR count). The average Bonchev–Trinajstić information content (AvgIpc) is 3.40. The van der Waals surface area contributed by atoms with Gasteiger partial charge in [-0.25, -0.2) is 0 Å². The molecule has 2 amide bonds. The van der Waals surface area contributed by atoms with Crippen molar-refractivity contribution >= 4 is 29.9 Å². The molecule has 1 aromatic carbocycles. The molecule has 0 radical (unpaired) electrons. The summed E-state index contributed by atoms with van der Waals surface area (Å²) in [6.45, 7) is 3.58. The third kappa shape index (κ3) is 4.48. The molecule has 1 aromatic rings. The summed E-state index contributed by atoms with van der Waals surface area (Å²) in [5.41, 5.74) is 7.38. The second kappa shape index (κ2) is 7.99. The van der Waals surface area contributed by atoms with E-state index in [9.17, 15) is 9.59 Å². The second-order valence-corrected chi connectivity index (χ2v) is 6.83. The lowest BCUT2D eigenvalue weighted by Crippen LogP contribution is -2.42. The Bertz CT molecular complexity index is 576. The third-order valence-electron chi connectivity index (χ3n) is 4.92. The van der Waals surface area contributed by atoms with Crippen molar-refractivity contribution in [3.63, 3.8) is 0 Å². The van der Waals surface area contributed by atoms with E-state index in [0.717, 1.165) is 44.5 Å². The number of rotatable bonds is 4. The number of likely N-dealkylation sites (tertiary alicyclic amines) is 1. The van der Waals surface area contributed by atoms with Crippen LogP contribution in [-0.2, 0) is 4.79 Å². The molecule has 1 aliphatic carbocycles. The van der Waals surface area contributed by atoms with Gasteiger partial charge in [0.25, 0.3) is 5.91 Å². The Hall–Kier alpha value is -1.59. The van der Waals surface area contributed by atoms with Crippen molar-refractivity contribution in [3.8, 4) is 0 Å². The first-order valence-corrected chi connectivity index (χ1v) is 8.50. The third-order valence-corrected chi connectivity index (χ3v) is 4.92. The summed E-state index contributed by atoms with van der Waals surface area (Å²) < 4.78 is 0. The van der Waals surface area contributed by atoms with E-state index >= 15 is 0 Å². The molecule has 1 aliphatic heterocycles. The van der Waals surface area contributed by atoms with Gasteiger partial charge in [0.2, 0.25) is 5.91 Å². The Labute approximate surface area is 149 Å². The number of hydrogen-bond acceptors (Lipinski definition) is 3. The van der Waals surface area contributed by atoms with E-state index in [0.29, 0.717) is 11.5 Å². The number of anilines is 1. The largest absolute Gasteiger partial charge is 0.339 e. The van der Waals surface area contributed by atoms with Gasteiger partial charge in [0.1, 0.15) is 0 Å². The van der Waals surface area contributed by atoms with Gasteiger partial charge < -0.3 is 16.0 Å². The molecular formula is C18H26ClN3O2. The fraction of sp³-hybridized carbons (Fsp3) is 0.556. The summed E-state index contributed by atoms with van der Waals surface area (Å²) in [7, 11) is 0. The van der Waals surface area contributed by atoms with Crippen LogP contribution in [0.5, 0.6) is 0 Å². The first-order chi connectivity index (χ1) is 11.0. The number of amides is 2. The number of carbonyl (C=O) groups excluding carboxylic acids is 2. The van der Waals surface area contributed by atoms with Crippen molar-refractivity contribution in [3.05, 3.63) is 29.8 Å². The Morgan fingerprint density at radius 2 is 1.71 bits per heavy atom. The normalized spacial score (nSPS) is 19.3. The van der Waals surface area contributed by atoms with Crippen LogP contribution in [0.2, 0.25) is 0 Å². The predicted octanol–water partition coefficient (Wildman–Crippen LogP) is 2.66. The monoisotopic (exact) mass is 351 g/mol. The fourth-order valence-electron chi connectivity index (χ4n) is 3.10. The van der Waals surface area contributed by atoms with Gasteiger partial charge >= 0.3 is 0 Å². The lowest BCUT2D eigenvalue weighted by molar-refractivity contribution is -0.117. The number of halogens is 1. The second-order valence-electron chi connectivity index (χ2n) is 6.83. The van der Waals surface area contributed by atoms with Crippen LogP contribution in [0.3, 0.4) is 0 Å². The van der Waals surface area contributed by atoms with Crippen molar-refractivity contribution < 1.29 is 9.59 Å². The van der Waals surface area contributed by atoms with Crippen LogP contribution in [0, 0.1) is 11.8 Å². The molecule has 0 spiro atoms. The maximum Gasteiger partial charge on any atom is 0.253 e. The maximum absolute atomic E-state index is 12.5. The van der Waals surface area contributed by atoms with Crippen LogP contribution < -0.4 is 11.1 Å². The smallest absolute Gasteiger partial charge is 0.253 e. The quantitative estimate of drug-likeness (QED) is 0.875. The molecule has 24 heavy (non-hydrogen) atoms. The van der Waals surface area contributed by atoms with Crippen LogP contribution in [0.25, 0.3) is 0 Å². The molecular weight excluding hydrogens is 326 g/mol. The van der Waals surface area contributed by atoms with Gasteiger partial charge in [-0.05, 0) is 62.8 Å². The minimum atomic E-state index is 0. The van der Waals surface area contributed by atoms with E-state index in [1.165, 1.54) is 0 Å². The Morgan fingerprint density at radius 3 is 2.21 bits per heavy atom. The summed E-state index contributed by atoms with van der Waals surface area (Å²) in [5, 5.41) is 2.89. The summed E-state index contributed by atoms with van der Waals surface area (Å²) in [5.74, 6) is 0.844. The van der Waals surface area contributed by atoms with E-state index in [1.807, 2.05) is 24.0 Å². The van der Waals surface area contributed by atoms with Gasteiger partial charge in [-0.2, -0.15) is 0 Å². The lowest BCUT2D eigenvalue weighted by atomic mass is 9.90. The SMILES string of the molecule is CC(N)C1CCN(C(=O)c2ccc(NC(=O)C3CC3)cc2)CC1.Cl. The summed E-state index contributed by atoms with van der Waals surface area (Å²) in [6, 6.07) is 7.40. The first kappa shape index (κ1) is 18.7. The van der Waals surface area contributed by atoms with Crippen LogP contribution in [0.15, 0.2) is 24.3 Å². The fourth-order valence-corrected chi connectivity index (χ4v) is 3.10. The number of hydrogen-bond donors (Lipinski definition) is 2. The zero-order chi connectivity index (χ0) is 16.4. The Balaban J connectivity index is 0.00000208. The van der Waals surface area contributed by atoms with Gasteiger partial charge in [-0.1, -0.05) is 0 Å². The molecule has 132 valence electrons. The molecule has 2 fully saturated rings. The van der Waals surface area contributed by atoms with E-state index in [1.54, 1.807) is 12.1 Å². The summed E-state index contributed by atoms with van der Waals surface area (Å²) in [6.07, 6.45) is 3.91. The topological polar surface area (TPSA) is 75.4 Å². The van der Waals surface area contributed by atoms with Gasteiger partial charge in [0, 0.05) is 36.3 Å². The van der Waals surface area contributed by atoms with Crippen molar-refractivity contribution in [2.24, 2.45) is 17.6 Å². The van der Waals surface area contributed by atoms with Crippen LogP contribution in [0.4, 0.5) is 5.69 Å². The lowest BCUT2D eigenvalue weighted by Gasteiger charge is -2.33. The first-order valence-electron chi connectivity index (χ1n) is 8.50. The molecule has 1 saturated heterocycles. The molecule has 3 N–H and O–H groups in total. The van der Waals surface area contributed by atoms with Gasteiger partial charge in [0.05, 0.1) is 0 Å². The molecule has 1 unspecified atom stereocenters. The number of piperidine rings is 1. The highest BCUT2D eigenvalue weighted by Crippen LogP contribution is 2.30. The summed E-state index contributed by atoms with van der Waals surface area (Å²) >= 11 is 0. The summed E-state index contributed by atoms with van der Waals surface area (Å²) in [4.78, 5) is 26.2. The number of nitrogens with zero attached hydrogens (tertiary/aromatic N) is 1. The highest BCUT2D eigenvalue weighted by Gasteiger charge is 2.29. The molecule has 1 atom stereocenters. The van der Waals surface area contributed by atoms with Crippen molar-refractivity contribution in [2.45, 2.75) is 38.6 Å². The molecule has 2 aliphatic rings. The van der Waals surface area contributed by atoms with Gasteiger partial charge in [-0.15, -0.1) is 12.4 Å². The van der Waals surface area contributed by atoms with Crippen molar-refractivity contribution in [2.75, 3.05) is 18.4 Å². The minimum Gasteiger partial charge on any atom is -0.339 e. The zero-order valence-electron chi connectivity index (χ0n) is 14.0. The van der Waals surface area contributed by atoms with E-state index in [-0.39, 0.29) is 36.2 Å². The number of nitrogens with two attached hydrogens (primary N) is 1. The van der Waals surface area contributed by atoms with Crippen LogP contribution in [-0.4, -0.2) is 35.8 Å². The predicted molar refractivity (Wildman–Crippen MR) is 97.3 cm³/mol. The highest BCUT2D eigenvalue weighted by atomic mass is 35.5. The molecule has 6 heteroatoms. The molecule has 1 saturated carbocycles. The Morgan fingerprint density at radius 1 is 1.12 bits per heavy atom. The zero-order valence-corrected chi connectivity index (χ0v) is 14.8. The number of carbonyl (C=O) groups is 2. The van der Waals surface area contributed by atoms with Crippen LogP contribution in [0.1, 0.15) is 43.0 Å². The van der Waals surface area contributed by atoms with Crippen molar-refractivity contribution in [1.29, 1.82) is 0 Å². The number of nitrogens with one attached hydrogen (secondary N) is 1. The average molecular weight is 352 g/mol. The molecule has 0 aromatic heterocycles. The standard InChI is InChI=1S/C18H25N3O2.ClH/c1-12(19)13-8-10-21(11-9-13)18(23)15-4-6-16(7-5-15)20-17(22)14-2-3-14;/h4-7,12-14H,2-3,8-11,19H2,1H3,(H,20,22);1H. The highest BCUT2D eigenvalue weighted by molar-refractivity contribution is 5.96. The van der Waals surface area contributed by atoms with Crippen LogP contribution >= 0.6 is 12.4 Å². The minimum absolute atomic E-state index is 0. The maximum atomic E-state index is 12.5. The van der Waals surface area contributed by atoms with E-state index in [4.69, 9.17) is 5.73 Å². The molecule has 5 nitrogen and oxygen atoms in total. The molecule has 0 bridgehead atoms. The Kier molecular flexibility index (Phi) is 6.24. The number of benzene rings is 1. The van der Waals surface area contributed by atoms with E-state index in [2.05, 4.69) is 5.32 Å². The van der Waals surface area contributed by atoms with Gasteiger partial charge in [0.15, 0.2) is 0 Å². The molecule has 1 heterocycles. The van der Waals surface area contributed by atoms with Gasteiger partial charge in [-0.3, -0.25) is 9.59 Å². The van der Waals surface area contributed by atoms with Crippen molar-refractivity contribution in [1.82, 2.24) is 4.90 Å². The van der Waals surface area contributed by atoms with E-state index < -0.39 is 0 Å².